The third-order valence-electron chi connectivity index (χ3n) is 11.4. The van der Waals surface area contributed by atoms with Gasteiger partial charge in [0.1, 0.15) is 18.0 Å². The monoisotopic (exact) mass is 525 g/mol. The Morgan fingerprint density at radius 3 is 2.85 bits per heavy atom. The van der Waals surface area contributed by atoms with E-state index < -0.39 is 0 Å². The van der Waals surface area contributed by atoms with Crippen LogP contribution in [0.4, 0.5) is 0 Å². The van der Waals surface area contributed by atoms with Crippen LogP contribution in [0.1, 0.15) is 55.5 Å². The summed E-state index contributed by atoms with van der Waals surface area (Å²) in [5, 5.41) is 0. The van der Waals surface area contributed by atoms with E-state index in [-0.39, 0.29) is 35.3 Å². The lowest BCUT2D eigenvalue weighted by molar-refractivity contribution is -0.144. The Labute approximate surface area is 228 Å². The Balaban J connectivity index is 1.14. The predicted octanol–water partition coefficient (Wildman–Crippen LogP) is 4.50. The van der Waals surface area contributed by atoms with E-state index in [4.69, 9.17) is 13.9 Å². The lowest BCUT2D eigenvalue weighted by atomic mass is 9.42. The van der Waals surface area contributed by atoms with Crippen LogP contribution < -0.4 is 9.47 Å². The normalized spacial score (nSPS) is 34.1. The summed E-state index contributed by atoms with van der Waals surface area (Å²) in [6.07, 6.45) is 8.29. The van der Waals surface area contributed by atoms with Crippen molar-refractivity contribution in [2.75, 3.05) is 26.7 Å². The number of nitrogens with zero attached hydrogens (tertiary/aromatic N) is 3. The fraction of sp³-hybridized carbons (Fsp3) is 0.562. The zero-order valence-electron chi connectivity index (χ0n) is 22.5. The summed E-state index contributed by atoms with van der Waals surface area (Å²) < 4.78 is 18.9. The Bertz CT molecular complexity index is 1480. The molecule has 3 aromatic rings. The number of benzene rings is 2. The van der Waals surface area contributed by atoms with Gasteiger partial charge in [-0.1, -0.05) is 18.2 Å². The van der Waals surface area contributed by atoms with Gasteiger partial charge < -0.3 is 18.8 Å². The van der Waals surface area contributed by atoms with Crippen LogP contribution in [-0.4, -0.2) is 65.6 Å². The summed E-state index contributed by atoms with van der Waals surface area (Å²) in [5.41, 5.74) is 4.48. The van der Waals surface area contributed by atoms with E-state index in [0.29, 0.717) is 11.9 Å². The Kier molecular flexibility index (Phi) is 4.53. The van der Waals surface area contributed by atoms with Crippen LogP contribution in [0.15, 0.2) is 40.8 Å². The molecule has 2 aromatic carbocycles. The van der Waals surface area contributed by atoms with E-state index in [1.165, 1.54) is 30.5 Å². The maximum absolute atomic E-state index is 14.0. The van der Waals surface area contributed by atoms with Crippen LogP contribution in [0, 0.1) is 11.3 Å². The maximum atomic E-state index is 14.0. The molecule has 7 nitrogen and oxygen atoms in total. The van der Waals surface area contributed by atoms with Gasteiger partial charge in [0.15, 0.2) is 17.1 Å². The van der Waals surface area contributed by atoms with Crippen molar-refractivity contribution < 1.29 is 18.7 Å². The van der Waals surface area contributed by atoms with Crippen molar-refractivity contribution in [2.45, 2.75) is 75.0 Å². The first kappa shape index (κ1) is 22.7. The number of likely N-dealkylation sites (tertiary alicyclic amines) is 1. The number of ether oxygens (including phenoxy) is 2. The highest BCUT2D eigenvalue weighted by Gasteiger charge is 2.74. The first-order chi connectivity index (χ1) is 19.1. The minimum atomic E-state index is -0.0509. The van der Waals surface area contributed by atoms with Gasteiger partial charge in [-0.25, -0.2) is 4.98 Å². The Morgan fingerprint density at radius 1 is 1.10 bits per heavy atom. The van der Waals surface area contributed by atoms with Crippen LogP contribution in [0.25, 0.3) is 11.1 Å². The third-order valence-corrected chi connectivity index (χ3v) is 11.4. The lowest BCUT2D eigenvalue weighted by Crippen LogP contribution is -2.72. The minimum absolute atomic E-state index is 0.0303. The molecule has 1 aromatic heterocycles. The van der Waals surface area contributed by atoms with Crippen molar-refractivity contribution in [1.29, 1.82) is 0 Å². The highest BCUT2D eigenvalue weighted by atomic mass is 16.5. The zero-order valence-corrected chi connectivity index (χ0v) is 22.5. The van der Waals surface area contributed by atoms with Crippen molar-refractivity contribution in [3.8, 4) is 11.5 Å². The summed E-state index contributed by atoms with van der Waals surface area (Å²) in [5.74, 6) is 3.28. The quantitative estimate of drug-likeness (QED) is 0.489. The maximum Gasteiger partial charge on any atom is 0.232 e. The molecule has 4 bridgehead atoms. The topological polar surface area (TPSA) is 68.0 Å². The van der Waals surface area contributed by atoms with Gasteiger partial charge in [-0.3, -0.25) is 9.69 Å². The summed E-state index contributed by atoms with van der Waals surface area (Å²) >= 11 is 0. The van der Waals surface area contributed by atoms with Gasteiger partial charge in [0.05, 0.1) is 13.2 Å². The third kappa shape index (κ3) is 2.87. The Morgan fingerprint density at radius 2 is 2.00 bits per heavy atom. The van der Waals surface area contributed by atoms with E-state index in [2.05, 4.69) is 26.9 Å². The number of fused-ring (bicyclic) bond motifs is 4. The summed E-state index contributed by atoms with van der Waals surface area (Å²) in [6.45, 7) is 3.15. The number of aromatic nitrogens is 1. The van der Waals surface area contributed by atoms with Gasteiger partial charge in [0, 0.05) is 35.5 Å². The number of hydrogen-bond donors (Lipinski definition) is 0. The van der Waals surface area contributed by atoms with E-state index in [0.717, 1.165) is 73.7 Å². The number of methoxy groups -OCH3 is 1. The number of carbonyl (C=O) groups excluding carboxylic acids is 1. The van der Waals surface area contributed by atoms with Gasteiger partial charge in [-0.15, -0.1) is 0 Å². The van der Waals surface area contributed by atoms with Gasteiger partial charge in [0.25, 0.3) is 0 Å². The fourth-order valence-electron chi connectivity index (χ4n) is 9.67. The number of piperidine rings is 1. The molecular formula is C32H35N3O4. The smallest absolute Gasteiger partial charge is 0.232 e. The second-order valence-corrected chi connectivity index (χ2v) is 12.9. The van der Waals surface area contributed by atoms with Crippen molar-refractivity contribution in [1.82, 2.24) is 14.8 Å². The second kappa shape index (κ2) is 7.78. The van der Waals surface area contributed by atoms with E-state index >= 15 is 0 Å². The second-order valence-electron chi connectivity index (χ2n) is 12.9. The first-order valence-electron chi connectivity index (χ1n) is 14.9. The number of amides is 1. The molecule has 7 heteroatoms. The molecule has 202 valence electrons. The fourth-order valence-corrected chi connectivity index (χ4v) is 9.67. The molecule has 3 aliphatic carbocycles. The molecule has 10 rings (SSSR count). The average Bonchev–Trinajstić information content (AvgIpc) is 3.63. The molecule has 5 atom stereocenters. The predicted molar refractivity (Wildman–Crippen MR) is 145 cm³/mol. The van der Waals surface area contributed by atoms with Gasteiger partial charge >= 0.3 is 0 Å². The standard InChI is InChI=1S/C32H35N3O4/c1-37-24-9-8-20-16-25-31-11-10-22(30-32(31,28(20)29(24)39-30)13-14-34(25)18-19-6-7-19)35(15-12-31)27(36)17-26-33-21-4-2-3-5-23(21)38-26/h2-5,8-9,19,22,25,30H,6-7,10-18H2,1H3/t22-,25+,30+,31-,32+/m1/s1. The van der Waals surface area contributed by atoms with E-state index in [1.54, 1.807) is 7.11 Å². The molecule has 0 radical (unpaired) electrons. The average molecular weight is 526 g/mol. The van der Waals surface area contributed by atoms with Crippen LogP contribution >= 0.6 is 0 Å². The molecule has 2 saturated carbocycles. The molecule has 0 N–H and O–H groups in total. The van der Waals surface area contributed by atoms with Crippen LogP contribution in [0.2, 0.25) is 0 Å². The highest BCUT2D eigenvalue weighted by Crippen LogP contribution is 2.71. The molecule has 5 fully saturated rings. The van der Waals surface area contributed by atoms with Crippen molar-refractivity contribution in [3.05, 3.63) is 53.4 Å². The van der Waals surface area contributed by atoms with Gasteiger partial charge in [0.2, 0.25) is 11.8 Å². The molecule has 1 amide bonds. The molecule has 7 aliphatic rings. The highest BCUT2D eigenvalue weighted by molar-refractivity contribution is 5.80. The first-order valence-corrected chi connectivity index (χ1v) is 14.9. The summed E-state index contributed by atoms with van der Waals surface area (Å²) in [7, 11) is 1.75. The van der Waals surface area contributed by atoms with Crippen molar-refractivity contribution in [3.63, 3.8) is 0 Å². The number of carbonyl (C=O) groups is 1. The lowest BCUT2D eigenvalue weighted by Gasteiger charge is -2.66. The van der Waals surface area contributed by atoms with Gasteiger partial charge in [-0.2, -0.15) is 0 Å². The summed E-state index contributed by atoms with van der Waals surface area (Å²) in [6, 6.07) is 12.7. The molecule has 5 heterocycles. The van der Waals surface area contributed by atoms with Crippen LogP contribution in [0.3, 0.4) is 0 Å². The molecule has 0 unspecified atom stereocenters. The number of rotatable bonds is 5. The zero-order chi connectivity index (χ0) is 25.9. The van der Waals surface area contributed by atoms with E-state index in [9.17, 15) is 4.79 Å². The van der Waals surface area contributed by atoms with Crippen LogP contribution in [-0.2, 0) is 23.1 Å². The van der Waals surface area contributed by atoms with Gasteiger partial charge in [-0.05, 0) is 81.2 Å². The largest absolute Gasteiger partial charge is 0.493 e. The minimum Gasteiger partial charge on any atom is -0.493 e. The molecule has 39 heavy (non-hydrogen) atoms. The molecule has 3 saturated heterocycles. The number of para-hydroxylation sites is 2. The Hall–Kier alpha value is -3.06. The summed E-state index contributed by atoms with van der Waals surface area (Å²) in [4.78, 5) is 23.6. The molecule has 4 aliphatic heterocycles. The van der Waals surface area contributed by atoms with Crippen molar-refractivity contribution in [2.24, 2.45) is 11.3 Å². The van der Waals surface area contributed by atoms with Crippen LogP contribution in [0.5, 0.6) is 11.5 Å². The molecular weight excluding hydrogens is 490 g/mol. The van der Waals surface area contributed by atoms with Crippen molar-refractivity contribution >= 4 is 17.0 Å². The van der Waals surface area contributed by atoms with E-state index in [1.807, 2.05) is 24.3 Å². The molecule has 2 spiro atoms. The SMILES string of the molecule is COc1ccc2c3c1O[C@H]1[C@H]4CC[C@@]5(CCN4C(=O)Cc4nc6ccccc6o4)[C@H](C2)N(CC2CC2)CC[C@]315. The number of hydrogen-bond acceptors (Lipinski definition) is 6. The number of oxazole rings is 1.